The zero-order valence-electron chi connectivity index (χ0n) is 51.3. The van der Waals surface area contributed by atoms with Crippen LogP contribution in [0.4, 0.5) is 0 Å². The molecule has 0 saturated carbocycles. The first-order valence-electron chi connectivity index (χ1n) is 32.7. The molecule has 0 saturated heterocycles. The van der Waals surface area contributed by atoms with E-state index in [1.54, 1.807) is 0 Å². The zero-order valence-corrected chi connectivity index (χ0v) is 51.3. The Morgan fingerprint density at radius 2 is 0.494 bits per heavy atom. The van der Waals surface area contributed by atoms with Crippen molar-refractivity contribution >= 4 is 17.9 Å². The maximum absolute atomic E-state index is 12.8. The summed E-state index contributed by atoms with van der Waals surface area (Å²) < 4.78 is 16.8. The van der Waals surface area contributed by atoms with Gasteiger partial charge in [-0.05, 0) is 116 Å². The first-order valence-corrected chi connectivity index (χ1v) is 32.7. The summed E-state index contributed by atoms with van der Waals surface area (Å²) in [6.07, 6.45) is 93.5. The normalized spacial score (nSPS) is 13.0. The van der Waals surface area contributed by atoms with Crippen LogP contribution in [0.25, 0.3) is 0 Å². The molecule has 6 nitrogen and oxygen atoms in total. The fraction of sp³-hybridized carbons (Fsp3) is 0.658. The van der Waals surface area contributed by atoms with Crippen LogP contribution in [0.1, 0.15) is 290 Å². The largest absolute Gasteiger partial charge is 0.462 e. The van der Waals surface area contributed by atoms with Crippen LogP contribution in [0.15, 0.2) is 134 Å². The lowest BCUT2D eigenvalue weighted by atomic mass is 10.0. The smallest absolute Gasteiger partial charge is 0.306 e. The van der Waals surface area contributed by atoms with Crippen molar-refractivity contribution in [2.45, 2.75) is 297 Å². The van der Waals surface area contributed by atoms with Crippen molar-refractivity contribution in [2.75, 3.05) is 13.2 Å². The van der Waals surface area contributed by atoms with E-state index in [9.17, 15) is 14.4 Å². The molecule has 0 aliphatic rings. The van der Waals surface area contributed by atoms with Gasteiger partial charge in [-0.3, -0.25) is 14.4 Å². The molecule has 1 atom stereocenters. The van der Waals surface area contributed by atoms with E-state index in [1.165, 1.54) is 109 Å². The third kappa shape index (κ3) is 64.3. The fourth-order valence-corrected chi connectivity index (χ4v) is 8.83. The molecule has 0 aromatic carbocycles. The minimum Gasteiger partial charge on any atom is -0.462 e. The summed E-state index contributed by atoms with van der Waals surface area (Å²) in [6, 6.07) is 0. The van der Waals surface area contributed by atoms with Crippen molar-refractivity contribution in [1.82, 2.24) is 0 Å². The number of unbranched alkanes of at least 4 members (excludes halogenated alkanes) is 25. The van der Waals surface area contributed by atoms with Crippen LogP contribution in [-0.2, 0) is 28.6 Å². The minimum atomic E-state index is -0.786. The molecule has 0 bridgehead atoms. The molecule has 0 N–H and O–H groups in total. The number of rotatable bonds is 58. The summed E-state index contributed by atoms with van der Waals surface area (Å²) in [5.41, 5.74) is 0. The summed E-state index contributed by atoms with van der Waals surface area (Å²) >= 11 is 0. The molecule has 0 radical (unpaired) electrons. The summed E-state index contributed by atoms with van der Waals surface area (Å²) in [7, 11) is 0. The topological polar surface area (TPSA) is 78.9 Å². The number of hydrogen-bond donors (Lipinski definition) is 0. The van der Waals surface area contributed by atoms with E-state index in [0.29, 0.717) is 19.3 Å². The fourth-order valence-electron chi connectivity index (χ4n) is 8.83. The van der Waals surface area contributed by atoms with Crippen molar-refractivity contribution < 1.29 is 28.6 Å². The first-order chi connectivity index (χ1) is 39.0. The van der Waals surface area contributed by atoms with Gasteiger partial charge in [-0.2, -0.15) is 0 Å². The predicted molar refractivity (Wildman–Crippen MR) is 343 cm³/mol. The van der Waals surface area contributed by atoms with Gasteiger partial charge in [0.05, 0.1) is 0 Å². The lowest BCUT2D eigenvalue weighted by molar-refractivity contribution is -0.167. The second kappa shape index (κ2) is 66.1. The van der Waals surface area contributed by atoms with Crippen LogP contribution in [0.2, 0.25) is 0 Å². The Morgan fingerprint density at radius 1 is 0.266 bits per heavy atom. The Kier molecular flexibility index (Phi) is 62.3. The number of hydrogen-bond acceptors (Lipinski definition) is 6. The molecule has 1 unspecified atom stereocenters. The summed E-state index contributed by atoms with van der Waals surface area (Å²) in [4.78, 5) is 38.1. The molecular weight excluding hydrogens is 973 g/mol. The van der Waals surface area contributed by atoms with E-state index >= 15 is 0 Å². The van der Waals surface area contributed by atoms with Crippen LogP contribution >= 0.6 is 0 Å². The number of carbonyl (C=O) groups is 3. The van der Waals surface area contributed by atoms with Gasteiger partial charge in [-0.25, -0.2) is 0 Å². The predicted octanol–water partition coefficient (Wildman–Crippen LogP) is 22.5. The molecule has 0 aromatic rings. The Morgan fingerprint density at radius 3 is 0.772 bits per heavy atom. The lowest BCUT2D eigenvalue weighted by Gasteiger charge is -2.18. The molecule has 0 aliphatic heterocycles. The monoisotopic (exact) mass is 1090 g/mol. The molecule has 79 heavy (non-hydrogen) atoms. The first kappa shape index (κ1) is 74.5. The number of esters is 3. The van der Waals surface area contributed by atoms with Gasteiger partial charge in [-0.1, -0.05) is 289 Å². The Balaban J connectivity index is 4.09. The lowest BCUT2D eigenvalue weighted by Crippen LogP contribution is -2.30. The van der Waals surface area contributed by atoms with Crippen LogP contribution in [0, 0.1) is 0 Å². The van der Waals surface area contributed by atoms with Gasteiger partial charge < -0.3 is 14.2 Å². The molecule has 0 aliphatic carbocycles. The van der Waals surface area contributed by atoms with Gasteiger partial charge >= 0.3 is 17.9 Å². The van der Waals surface area contributed by atoms with Crippen molar-refractivity contribution in [3.8, 4) is 0 Å². The molecule has 0 amide bonds. The Hall–Kier alpha value is -4.45. The van der Waals surface area contributed by atoms with Gasteiger partial charge in [0, 0.05) is 19.3 Å². The number of allylic oxidation sites excluding steroid dienone is 22. The Labute approximate surface area is 487 Å². The maximum atomic E-state index is 12.8. The van der Waals surface area contributed by atoms with Gasteiger partial charge in [0.15, 0.2) is 6.10 Å². The van der Waals surface area contributed by atoms with E-state index in [0.717, 1.165) is 141 Å². The summed E-state index contributed by atoms with van der Waals surface area (Å²) in [6.45, 7) is 6.36. The summed E-state index contributed by atoms with van der Waals surface area (Å²) in [5.74, 6) is -0.904. The van der Waals surface area contributed by atoms with Crippen LogP contribution in [-0.4, -0.2) is 37.2 Å². The molecule has 0 aromatic heterocycles. The molecule has 0 spiro atoms. The highest BCUT2D eigenvalue weighted by Crippen LogP contribution is 2.16. The highest BCUT2D eigenvalue weighted by molar-refractivity contribution is 5.71. The summed E-state index contributed by atoms with van der Waals surface area (Å²) in [5, 5.41) is 0. The van der Waals surface area contributed by atoms with E-state index in [2.05, 4.69) is 154 Å². The quantitative estimate of drug-likeness (QED) is 0.0261. The highest BCUT2D eigenvalue weighted by atomic mass is 16.6. The standard InChI is InChI=1S/C73H120O6/c1-4-7-10-13-16-18-20-22-24-26-28-29-30-31-32-33-34-35-36-37-38-39-40-41-42-43-45-46-48-50-52-54-57-60-63-66-72(75)78-69-70(68-77-71(74)65-62-59-56-15-12-9-6-3)79-73(76)67-64-61-58-55-53-51-49-47-44-27-25-23-21-19-17-14-11-8-5-2/h7-8,10-11,16-19,22-25,28-29,31-32,34-35,37-38,44,47,70H,4-6,9,12-15,20-21,26-27,30,33,36,39-43,45-46,48-69H2,1-3H3/b10-7-,11-8-,18-16-,19-17-,24-22-,25-23-,29-28-,32-31-,35-34-,38-37-,47-44-. The van der Waals surface area contributed by atoms with Crippen LogP contribution < -0.4 is 0 Å². The van der Waals surface area contributed by atoms with Gasteiger partial charge in [-0.15, -0.1) is 0 Å². The number of ether oxygens (including phenoxy) is 3. The van der Waals surface area contributed by atoms with Crippen molar-refractivity contribution in [3.05, 3.63) is 134 Å². The van der Waals surface area contributed by atoms with Gasteiger partial charge in [0.2, 0.25) is 0 Å². The second-order valence-electron chi connectivity index (χ2n) is 21.3. The van der Waals surface area contributed by atoms with Gasteiger partial charge in [0.1, 0.15) is 13.2 Å². The minimum absolute atomic E-state index is 0.0846. The van der Waals surface area contributed by atoms with E-state index in [4.69, 9.17) is 14.2 Å². The van der Waals surface area contributed by atoms with E-state index in [-0.39, 0.29) is 31.1 Å². The molecule has 0 rings (SSSR count). The Bertz CT molecular complexity index is 1680. The molecule has 448 valence electrons. The third-order valence-corrected chi connectivity index (χ3v) is 13.7. The van der Waals surface area contributed by atoms with Gasteiger partial charge in [0.25, 0.3) is 0 Å². The van der Waals surface area contributed by atoms with Crippen molar-refractivity contribution in [3.63, 3.8) is 0 Å². The van der Waals surface area contributed by atoms with E-state index in [1.807, 2.05) is 0 Å². The second-order valence-corrected chi connectivity index (χ2v) is 21.3. The molecule has 0 heterocycles. The average Bonchev–Trinajstić information content (AvgIpc) is 3.45. The molecule has 0 fully saturated rings. The van der Waals surface area contributed by atoms with Crippen LogP contribution in [0.5, 0.6) is 0 Å². The third-order valence-electron chi connectivity index (χ3n) is 13.7. The molecular formula is C73H120O6. The molecule has 6 heteroatoms. The average molecular weight is 1090 g/mol. The SMILES string of the molecule is CC/C=C\C/C=C\C/C=C\C/C=C\C/C=C\C/C=C\C/C=C\CCCCCCCCCCCCCCCC(=O)OCC(COC(=O)CCCCCCCCC)OC(=O)CCCCCCCC/C=C\C/C=C\C/C=C\C/C=C\CC. The van der Waals surface area contributed by atoms with Crippen LogP contribution in [0.3, 0.4) is 0 Å². The number of carbonyl (C=O) groups excluding carboxylic acids is 3. The van der Waals surface area contributed by atoms with Crippen molar-refractivity contribution in [2.24, 2.45) is 0 Å². The highest BCUT2D eigenvalue weighted by Gasteiger charge is 2.19. The van der Waals surface area contributed by atoms with Crippen molar-refractivity contribution in [1.29, 1.82) is 0 Å². The van der Waals surface area contributed by atoms with E-state index < -0.39 is 6.10 Å². The maximum Gasteiger partial charge on any atom is 0.306 e. The zero-order chi connectivity index (χ0) is 57.1.